The molecule has 0 amide bonds. The minimum atomic E-state index is -0.0264. The Morgan fingerprint density at radius 1 is 1.22 bits per heavy atom. The molecule has 0 N–H and O–H groups in total. The molecule has 0 aliphatic heterocycles. The zero-order valence-electron chi connectivity index (χ0n) is 13.4. The number of nitrogens with zero attached hydrogens (tertiary/aromatic N) is 2. The minimum Gasteiger partial charge on any atom is -0.485 e. The first-order valence-corrected chi connectivity index (χ1v) is 8.25. The van der Waals surface area contributed by atoms with Crippen LogP contribution in [0.5, 0.6) is 5.75 Å². The van der Waals surface area contributed by atoms with Gasteiger partial charge in [0.1, 0.15) is 5.75 Å². The molecule has 0 radical (unpaired) electrons. The van der Waals surface area contributed by atoms with E-state index in [2.05, 4.69) is 4.98 Å². The van der Waals surface area contributed by atoms with Crippen LogP contribution in [0, 0.1) is 20.8 Å². The van der Waals surface area contributed by atoms with E-state index in [1.54, 1.807) is 17.5 Å². The third kappa shape index (κ3) is 3.19. The molecule has 2 heterocycles. The van der Waals surface area contributed by atoms with Gasteiger partial charge in [0.25, 0.3) is 0 Å². The summed E-state index contributed by atoms with van der Waals surface area (Å²) in [5, 5.41) is 2.80. The Balaban J connectivity index is 1.78. The molecule has 0 atom stereocenters. The van der Waals surface area contributed by atoms with Crippen LogP contribution in [0.2, 0.25) is 0 Å². The maximum Gasteiger partial charge on any atom is 0.202 e. The molecule has 0 saturated heterocycles. The van der Waals surface area contributed by atoms with Crippen LogP contribution in [0.25, 0.3) is 5.13 Å². The van der Waals surface area contributed by atoms with Crippen molar-refractivity contribution in [1.82, 2.24) is 9.55 Å². The number of ketones is 1. The molecule has 23 heavy (non-hydrogen) atoms. The lowest BCUT2D eigenvalue weighted by Crippen LogP contribution is -2.12. The quantitative estimate of drug-likeness (QED) is 0.662. The Kier molecular flexibility index (Phi) is 4.30. The molecule has 2 aromatic heterocycles. The van der Waals surface area contributed by atoms with Crippen LogP contribution in [0.15, 0.2) is 41.9 Å². The van der Waals surface area contributed by atoms with Crippen LogP contribution in [0.1, 0.15) is 27.3 Å². The summed E-state index contributed by atoms with van der Waals surface area (Å²) in [4.78, 5) is 16.8. The third-order valence-corrected chi connectivity index (χ3v) is 4.49. The maximum absolute atomic E-state index is 12.5. The fourth-order valence-corrected chi connectivity index (χ4v) is 3.28. The second kappa shape index (κ2) is 6.38. The van der Waals surface area contributed by atoms with E-state index in [1.807, 2.05) is 61.1 Å². The SMILES string of the molecule is Cc1ccc(OCC(=O)c2cc(C)n(-c3nccs3)c2C)cc1. The molecule has 0 fully saturated rings. The van der Waals surface area contributed by atoms with E-state index in [-0.39, 0.29) is 12.4 Å². The van der Waals surface area contributed by atoms with Crippen LogP contribution in [-0.4, -0.2) is 21.9 Å². The van der Waals surface area contributed by atoms with E-state index in [1.165, 1.54) is 0 Å². The highest BCUT2D eigenvalue weighted by molar-refractivity contribution is 7.12. The summed E-state index contributed by atoms with van der Waals surface area (Å²) in [6.45, 7) is 5.97. The van der Waals surface area contributed by atoms with Crippen LogP contribution < -0.4 is 4.74 Å². The molecule has 4 nitrogen and oxygen atoms in total. The van der Waals surface area contributed by atoms with E-state index >= 15 is 0 Å². The van der Waals surface area contributed by atoms with Crippen molar-refractivity contribution in [2.24, 2.45) is 0 Å². The maximum atomic E-state index is 12.5. The van der Waals surface area contributed by atoms with Gasteiger partial charge in [-0.25, -0.2) is 4.98 Å². The van der Waals surface area contributed by atoms with Crippen LogP contribution in [-0.2, 0) is 0 Å². The smallest absolute Gasteiger partial charge is 0.202 e. The number of hydrogen-bond donors (Lipinski definition) is 0. The standard InChI is InChI=1S/C18H18N2O2S/c1-12-4-6-15(7-5-12)22-11-17(21)16-10-13(2)20(14(16)3)18-19-8-9-23-18/h4-10H,11H2,1-3H3. The summed E-state index contributed by atoms with van der Waals surface area (Å²) in [6.07, 6.45) is 1.76. The Hall–Kier alpha value is -2.40. The number of aryl methyl sites for hydroxylation is 2. The number of carbonyl (C=O) groups excluding carboxylic acids is 1. The molecular weight excluding hydrogens is 308 g/mol. The van der Waals surface area contributed by atoms with Crippen LogP contribution >= 0.6 is 11.3 Å². The number of hydrogen-bond acceptors (Lipinski definition) is 4. The van der Waals surface area contributed by atoms with Gasteiger partial charge in [-0.1, -0.05) is 17.7 Å². The molecule has 0 unspecified atom stereocenters. The minimum absolute atomic E-state index is 0.0264. The van der Waals surface area contributed by atoms with Crippen molar-refractivity contribution in [1.29, 1.82) is 0 Å². The van der Waals surface area contributed by atoms with Gasteiger partial charge in [0, 0.05) is 28.5 Å². The molecule has 0 aliphatic carbocycles. The third-order valence-electron chi connectivity index (χ3n) is 3.73. The predicted molar refractivity (Wildman–Crippen MR) is 91.9 cm³/mol. The normalized spacial score (nSPS) is 10.7. The summed E-state index contributed by atoms with van der Waals surface area (Å²) in [5.41, 5.74) is 3.74. The Morgan fingerprint density at radius 2 is 1.96 bits per heavy atom. The summed E-state index contributed by atoms with van der Waals surface area (Å²) < 4.78 is 7.60. The molecule has 5 heteroatoms. The summed E-state index contributed by atoms with van der Waals surface area (Å²) in [5.74, 6) is 0.680. The lowest BCUT2D eigenvalue weighted by Gasteiger charge is -2.07. The zero-order valence-corrected chi connectivity index (χ0v) is 14.2. The Bertz CT molecular complexity index is 818. The molecule has 0 spiro atoms. The number of carbonyl (C=O) groups is 1. The van der Waals surface area contributed by atoms with E-state index < -0.39 is 0 Å². The number of ether oxygens (including phenoxy) is 1. The van der Waals surface area contributed by atoms with Gasteiger partial charge in [-0.2, -0.15) is 0 Å². The van der Waals surface area contributed by atoms with Gasteiger partial charge in [0.15, 0.2) is 11.7 Å². The van der Waals surface area contributed by atoms with Crippen molar-refractivity contribution in [2.45, 2.75) is 20.8 Å². The highest BCUT2D eigenvalue weighted by Crippen LogP contribution is 2.23. The van der Waals surface area contributed by atoms with Crippen LogP contribution in [0.4, 0.5) is 0 Å². The van der Waals surface area contributed by atoms with Gasteiger partial charge in [-0.05, 0) is 39.0 Å². The topological polar surface area (TPSA) is 44.1 Å². The van der Waals surface area contributed by atoms with Crippen molar-refractivity contribution >= 4 is 17.1 Å². The van der Waals surface area contributed by atoms with Gasteiger partial charge < -0.3 is 4.74 Å². The van der Waals surface area contributed by atoms with Gasteiger partial charge in [0.2, 0.25) is 5.78 Å². The highest BCUT2D eigenvalue weighted by atomic mass is 32.1. The lowest BCUT2D eigenvalue weighted by atomic mass is 10.1. The van der Waals surface area contributed by atoms with Gasteiger partial charge in [-0.3, -0.25) is 9.36 Å². The average molecular weight is 326 g/mol. The fraction of sp³-hybridized carbons (Fsp3) is 0.222. The van der Waals surface area contributed by atoms with Crippen molar-refractivity contribution in [2.75, 3.05) is 6.61 Å². The van der Waals surface area contributed by atoms with Crippen molar-refractivity contribution in [3.63, 3.8) is 0 Å². The molecule has 3 rings (SSSR count). The summed E-state index contributed by atoms with van der Waals surface area (Å²) in [6, 6.07) is 9.59. The number of aromatic nitrogens is 2. The zero-order chi connectivity index (χ0) is 16.4. The number of rotatable bonds is 5. The van der Waals surface area contributed by atoms with E-state index in [4.69, 9.17) is 4.74 Å². The van der Waals surface area contributed by atoms with Crippen molar-refractivity contribution in [3.05, 3.63) is 64.4 Å². The molecule has 0 bridgehead atoms. The van der Waals surface area contributed by atoms with E-state index in [0.29, 0.717) is 11.3 Å². The van der Waals surface area contributed by atoms with E-state index in [0.717, 1.165) is 22.1 Å². The number of Topliss-reactive ketones (excluding diaryl/α,β-unsaturated/α-hetero) is 1. The number of benzene rings is 1. The molecule has 0 saturated carbocycles. The first kappa shape index (κ1) is 15.5. The average Bonchev–Trinajstić information content (AvgIpc) is 3.14. The second-order valence-electron chi connectivity index (χ2n) is 5.46. The van der Waals surface area contributed by atoms with Crippen molar-refractivity contribution in [3.8, 4) is 10.9 Å². The monoisotopic (exact) mass is 326 g/mol. The largest absolute Gasteiger partial charge is 0.485 e. The molecule has 0 aliphatic rings. The van der Waals surface area contributed by atoms with Crippen LogP contribution in [0.3, 0.4) is 0 Å². The van der Waals surface area contributed by atoms with Gasteiger partial charge >= 0.3 is 0 Å². The fourth-order valence-electron chi connectivity index (χ4n) is 2.53. The second-order valence-corrected chi connectivity index (χ2v) is 6.33. The highest BCUT2D eigenvalue weighted by Gasteiger charge is 2.18. The van der Waals surface area contributed by atoms with Gasteiger partial charge in [-0.15, -0.1) is 11.3 Å². The first-order chi connectivity index (χ1) is 11.1. The predicted octanol–water partition coefficient (Wildman–Crippen LogP) is 4.12. The summed E-state index contributed by atoms with van der Waals surface area (Å²) in [7, 11) is 0. The Labute approximate surface area is 139 Å². The summed E-state index contributed by atoms with van der Waals surface area (Å²) >= 11 is 1.55. The van der Waals surface area contributed by atoms with Gasteiger partial charge in [0.05, 0.1) is 0 Å². The first-order valence-electron chi connectivity index (χ1n) is 7.37. The Morgan fingerprint density at radius 3 is 2.61 bits per heavy atom. The lowest BCUT2D eigenvalue weighted by molar-refractivity contribution is 0.0921. The molecular formula is C18H18N2O2S. The molecule has 118 valence electrons. The molecule has 3 aromatic rings. The molecule has 1 aromatic carbocycles. The van der Waals surface area contributed by atoms with E-state index in [9.17, 15) is 4.79 Å². The number of thiazole rings is 1. The van der Waals surface area contributed by atoms with Crippen molar-refractivity contribution < 1.29 is 9.53 Å².